The van der Waals surface area contributed by atoms with Gasteiger partial charge < -0.3 is 13.9 Å². The lowest BCUT2D eigenvalue weighted by molar-refractivity contribution is -0.145. The van der Waals surface area contributed by atoms with Crippen LogP contribution in [0.5, 0.6) is 0 Å². The molecule has 0 saturated heterocycles. The molecule has 0 aliphatic carbocycles. The summed E-state index contributed by atoms with van der Waals surface area (Å²) in [5, 5.41) is 0.924. The van der Waals surface area contributed by atoms with Crippen molar-refractivity contribution < 1.29 is 23.5 Å². The summed E-state index contributed by atoms with van der Waals surface area (Å²) in [4.78, 5) is 23.6. The number of carbonyl (C=O) groups is 2. The van der Waals surface area contributed by atoms with E-state index in [1.54, 1.807) is 19.9 Å². The van der Waals surface area contributed by atoms with Crippen molar-refractivity contribution in [3.8, 4) is 0 Å². The van der Waals surface area contributed by atoms with Gasteiger partial charge in [-0.2, -0.15) is 0 Å². The van der Waals surface area contributed by atoms with Gasteiger partial charge in [-0.1, -0.05) is 18.2 Å². The second-order valence-electron chi connectivity index (χ2n) is 4.56. The lowest BCUT2D eigenvalue weighted by Gasteiger charge is -2.06. The Kier molecular flexibility index (Phi) is 5.36. The maximum atomic E-state index is 12.0. The topological polar surface area (TPSA) is 65.7 Å². The van der Waals surface area contributed by atoms with Gasteiger partial charge in [0.15, 0.2) is 0 Å². The molecule has 2 rings (SSSR count). The molecule has 1 aromatic heterocycles. The summed E-state index contributed by atoms with van der Waals surface area (Å²) in [6.45, 7) is 3.92. The van der Waals surface area contributed by atoms with Crippen molar-refractivity contribution in [3.63, 3.8) is 0 Å². The fraction of sp³-hybridized carbons (Fsp3) is 0.294. The zero-order valence-electron chi connectivity index (χ0n) is 12.6. The average molecular weight is 302 g/mol. The third-order valence-corrected chi connectivity index (χ3v) is 2.94. The van der Waals surface area contributed by atoms with Gasteiger partial charge in [-0.05, 0) is 32.1 Å². The first-order chi connectivity index (χ1) is 10.6. The van der Waals surface area contributed by atoms with E-state index in [0.29, 0.717) is 11.3 Å². The largest absolute Gasteiger partial charge is 0.466 e. The number of hydrogen-bond acceptors (Lipinski definition) is 5. The number of esters is 2. The summed E-state index contributed by atoms with van der Waals surface area (Å²) >= 11 is 0. The van der Waals surface area contributed by atoms with E-state index in [0.717, 1.165) is 5.39 Å². The molecule has 22 heavy (non-hydrogen) atoms. The molecule has 0 radical (unpaired) electrons. The van der Waals surface area contributed by atoms with Crippen LogP contribution in [-0.2, 0) is 19.1 Å². The average Bonchev–Trinajstić information content (AvgIpc) is 2.89. The number of para-hydroxylation sites is 1. The maximum Gasteiger partial charge on any atom is 0.334 e. The minimum absolute atomic E-state index is 0.149. The molecule has 1 heterocycles. The van der Waals surface area contributed by atoms with E-state index in [2.05, 4.69) is 0 Å². The van der Waals surface area contributed by atoms with Crippen LogP contribution >= 0.6 is 0 Å². The van der Waals surface area contributed by atoms with Crippen molar-refractivity contribution in [1.29, 1.82) is 0 Å². The molecule has 0 fully saturated rings. The van der Waals surface area contributed by atoms with Crippen LogP contribution in [0, 0.1) is 0 Å². The van der Waals surface area contributed by atoms with Gasteiger partial charge in [0.2, 0.25) is 0 Å². The molecule has 0 aliphatic heterocycles. The highest BCUT2D eigenvalue weighted by molar-refractivity contribution is 5.98. The summed E-state index contributed by atoms with van der Waals surface area (Å²) in [5.41, 5.74) is 0.924. The van der Waals surface area contributed by atoms with Gasteiger partial charge in [0, 0.05) is 5.39 Å². The number of hydrogen-bond donors (Lipinski definition) is 0. The predicted molar refractivity (Wildman–Crippen MR) is 82.1 cm³/mol. The maximum absolute atomic E-state index is 12.0. The van der Waals surface area contributed by atoms with Gasteiger partial charge >= 0.3 is 11.9 Å². The predicted octanol–water partition coefficient (Wildman–Crippen LogP) is 3.33. The number of furan rings is 1. The number of benzene rings is 1. The Labute approximate surface area is 128 Å². The van der Waals surface area contributed by atoms with Crippen molar-refractivity contribution in [1.82, 2.24) is 0 Å². The Morgan fingerprint density at radius 3 is 2.55 bits per heavy atom. The van der Waals surface area contributed by atoms with E-state index in [9.17, 15) is 9.59 Å². The lowest BCUT2D eigenvalue weighted by Crippen LogP contribution is -2.13. The molecule has 0 N–H and O–H groups in total. The third kappa shape index (κ3) is 3.97. The van der Waals surface area contributed by atoms with Crippen molar-refractivity contribution >= 4 is 29.0 Å². The highest BCUT2D eigenvalue weighted by Gasteiger charge is 2.17. The van der Waals surface area contributed by atoms with Crippen LogP contribution in [0.4, 0.5) is 0 Å². The molecule has 0 spiro atoms. The Bertz CT molecular complexity index is 663. The Hall–Kier alpha value is -2.56. The fourth-order valence-corrected chi connectivity index (χ4v) is 2.02. The van der Waals surface area contributed by atoms with Crippen molar-refractivity contribution in [2.75, 3.05) is 13.2 Å². The van der Waals surface area contributed by atoms with Crippen LogP contribution < -0.4 is 0 Å². The van der Waals surface area contributed by atoms with Gasteiger partial charge in [-0.15, -0.1) is 0 Å². The molecular weight excluding hydrogens is 284 g/mol. The smallest absolute Gasteiger partial charge is 0.334 e. The molecule has 0 unspecified atom stereocenters. The highest BCUT2D eigenvalue weighted by Crippen LogP contribution is 2.22. The van der Waals surface area contributed by atoms with E-state index < -0.39 is 11.9 Å². The summed E-state index contributed by atoms with van der Waals surface area (Å²) in [7, 11) is 0. The molecule has 0 bridgehead atoms. The molecule has 116 valence electrons. The zero-order chi connectivity index (χ0) is 15.9. The highest BCUT2D eigenvalue weighted by atomic mass is 16.5. The van der Waals surface area contributed by atoms with Crippen LogP contribution in [-0.4, -0.2) is 25.2 Å². The first-order valence-electron chi connectivity index (χ1n) is 7.16. The van der Waals surface area contributed by atoms with E-state index in [1.165, 1.54) is 6.08 Å². The van der Waals surface area contributed by atoms with Crippen LogP contribution in [0.2, 0.25) is 0 Å². The Morgan fingerprint density at radius 1 is 1.14 bits per heavy atom. The van der Waals surface area contributed by atoms with Crippen molar-refractivity contribution in [3.05, 3.63) is 41.7 Å². The van der Waals surface area contributed by atoms with Crippen LogP contribution in [0.15, 0.2) is 40.3 Å². The van der Waals surface area contributed by atoms with Crippen LogP contribution in [0.3, 0.4) is 0 Å². The quantitative estimate of drug-likeness (QED) is 0.605. The third-order valence-electron chi connectivity index (χ3n) is 2.94. The molecule has 5 nitrogen and oxygen atoms in total. The number of ether oxygens (including phenoxy) is 2. The molecule has 5 heteroatoms. The van der Waals surface area contributed by atoms with E-state index >= 15 is 0 Å². The Morgan fingerprint density at radius 2 is 1.86 bits per heavy atom. The summed E-state index contributed by atoms with van der Waals surface area (Å²) in [5.74, 6) is -0.525. The minimum Gasteiger partial charge on any atom is -0.466 e. The van der Waals surface area contributed by atoms with Crippen molar-refractivity contribution in [2.45, 2.75) is 20.3 Å². The zero-order valence-corrected chi connectivity index (χ0v) is 12.6. The number of rotatable bonds is 6. The standard InChI is InChI=1S/C17H18O5/c1-3-20-16(18)11-13(17(19)21-4-2)10-14-9-12-7-5-6-8-15(12)22-14/h5-10H,3-4,11H2,1-2H3/b13-10+. The second kappa shape index (κ2) is 7.45. The summed E-state index contributed by atoms with van der Waals surface area (Å²) < 4.78 is 15.5. The molecule has 0 aliphatic rings. The molecule has 0 atom stereocenters. The molecule has 0 saturated carbocycles. The van der Waals surface area contributed by atoms with Crippen LogP contribution in [0.25, 0.3) is 17.0 Å². The molecule has 0 amide bonds. The van der Waals surface area contributed by atoms with Gasteiger partial charge in [0.1, 0.15) is 11.3 Å². The van der Waals surface area contributed by atoms with Gasteiger partial charge in [0.05, 0.1) is 25.2 Å². The second-order valence-corrected chi connectivity index (χ2v) is 4.56. The van der Waals surface area contributed by atoms with E-state index in [-0.39, 0.29) is 25.2 Å². The lowest BCUT2D eigenvalue weighted by atomic mass is 10.1. The summed E-state index contributed by atoms with van der Waals surface area (Å²) in [6.07, 6.45) is 1.37. The van der Waals surface area contributed by atoms with Crippen molar-refractivity contribution in [2.24, 2.45) is 0 Å². The first-order valence-corrected chi connectivity index (χ1v) is 7.16. The minimum atomic E-state index is -0.545. The molecular formula is C17H18O5. The monoisotopic (exact) mass is 302 g/mol. The molecule has 2 aromatic rings. The van der Waals surface area contributed by atoms with E-state index in [1.807, 2.05) is 24.3 Å². The first kappa shape index (κ1) is 15.8. The summed E-state index contributed by atoms with van der Waals surface area (Å²) in [6, 6.07) is 9.31. The Balaban J connectivity index is 2.29. The van der Waals surface area contributed by atoms with Gasteiger partial charge in [-0.3, -0.25) is 4.79 Å². The number of fused-ring (bicyclic) bond motifs is 1. The van der Waals surface area contributed by atoms with Gasteiger partial charge in [0.25, 0.3) is 0 Å². The SMILES string of the molecule is CCOC(=O)C/C(=C\c1cc2ccccc2o1)C(=O)OCC. The van der Waals surface area contributed by atoms with E-state index in [4.69, 9.17) is 13.9 Å². The van der Waals surface area contributed by atoms with Crippen LogP contribution in [0.1, 0.15) is 26.0 Å². The molecule has 1 aromatic carbocycles. The number of carbonyl (C=O) groups excluding carboxylic acids is 2. The normalized spacial score (nSPS) is 11.5. The van der Waals surface area contributed by atoms with Gasteiger partial charge in [-0.25, -0.2) is 4.79 Å². The fourth-order valence-electron chi connectivity index (χ4n) is 2.02.